The van der Waals surface area contributed by atoms with Crippen LogP contribution in [0.2, 0.25) is 0 Å². The van der Waals surface area contributed by atoms with Gasteiger partial charge in [0.1, 0.15) is 5.58 Å². The Kier molecular flexibility index (Phi) is 4.66. The SMILES string of the molecule is Cc1c(C(=O)NNC(=O)c2ccc(=O)n(-c3ccccc3)n2)oc2ccccc12. The van der Waals surface area contributed by atoms with Crippen molar-refractivity contribution in [2.45, 2.75) is 6.92 Å². The quantitative estimate of drug-likeness (QED) is 0.524. The molecule has 0 spiro atoms. The van der Waals surface area contributed by atoms with Crippen LogP contribution in [0.15, 0.2) is 75.9 Å². The van der Waals surface area contributed by atoms with Crippen LogP contribution in [0.3, 0.4) is 0 Å². The topological polar surface area (TPSA) is 106 Å². The largest absolute Gasteiger partial charge is 0.451 e. The summed E-state index contributed by atoms with van der Waals surface area (Å²) in [6.45, 7) is 1.76. The number of aryl methyl sites for hydroxylation is 1. The maximum absolute atomic E-state index is 12.4. The van der Waals surface area contributed by atoms with Gasteiger partial charge >= 0.3 is 5.91 Å². The Bertz CT molecular complexity index is 1270. The van der Waals surface area contributed by atoms with Crippen molar-refractivity contribution in [2.24, 2.45) is 0 Å². The van der Waals surface area contributed by atoms with E-state index in [9.17, 15) is 14.4 Å². The number of para-hydroxylation sites is 2. The van der Waals surface area contributed by atoms with Crippen molar-refractivity contribution >= 4 is 22.8 Å². The lowest BCUT2D eigenvalue weighted by Crippen LogP contribution is -2.42. The first-order chi connectivity index (χ1) is 14.0. The first-order valence-corrected chi connectivity index (χ1v) is 8.79. The molecule has 144 valence electrons. The van der Waals surface area contributed by atoms with E-state index in [1.54, 1.807) is 43.3 Å². The first kappa shape index (κ1) is 18.2. The van der Waals surface area contributed by atoms with Gasteiger partial charge in [-0.05, 0) is 31.2 Å². The molecule has 29 heavy (non-hydrogen) atoms. The van der Waals surface area contributed by atoms with E-state index in [0.717, 1.165) is 10.1 Å². The molecule has 0 aliphatic rings. The third-order valence-corrected chi connectivity index (χ3v) is 4.37. The lowest BCUT2D eigenvalue weighted by molar-refractivity contribution is 0.0828. The fourth-order valence-corrected chi connectivity index (χ4v) is 2.91. The van der Waals surface area contributed by atoms with Crippen molar-refractivity contribution in [3.05, 3.63) is 94.1 Å². The number of nitrogens with one attached hydrogen (secondary N) is 2. The summed E-state index contributed by atoms with van der Waals surface area (Å²) in [7, 11) is 0. The summed E-state index contributed by atoms with van der Waals surface area (Å²) >= 11 is 0. The van der Waals surface area contributed by atoms with Crippen molar-refractivity contribution in [2.75, 3.05) is 0 Å². The van der Waals surface area contributed by atoms with Crippen LogP contribution < -0.4 is 16.4 Å². The zero-order valence-corrected chi connectivity index (χ0v) is 15.4. The standard InChI is InChI=1S/C21H16N4O4/c1-13-15-9-5-6-10-17(15)29-19(13)21(28)23-22-20(27)16-11-12-18(26)25(24-16)14-7-3-2-4-8-14/h2-12H,1H3,(H,22,27)(H,23,28). The van der Waals surface area contributed by atoms with Gasteiger partial charge in [0.05, 0.1) is 5.69 Å². The molecule has 0 aliphatic heterocycles. The lowest BCUT2D eigenvalue weighted by atomic mass is 10.1. The maximum Gasteiger partial charge on any atom is 0.305 e. The highest BCUT2D eigenvalue weighted by molar-refractivity contribution is 6.00. The monoisotopic (exact) mass is 388 g/mol. The second kappa shape index (κ2) is 7.43. The molecule has 2 heterocycles. The fraction of sp³-hybridized carbons (Fsp3) is 0.0476. The number of hydrazine groups is 1. The van der Waals surface area contributed by atoms with Crippen LogP contribution in [0.4, 0.5) is 0 Å². The van der Waals surface area contributed by atoms with Crippen molar-refractivity contribution < 1.29 is 14.0 Å². The Labute approximate surface area is 164 Å². The number of fused-ring (bicyclic) bond motifs is 1. The summed E-state index contributed by atoms with van der Waals surface area (Å²) in [5.41, 5.74) is 5.96. The van der Waals surface area contributed by atoms with E-state index in [4.69, 9.17) is 4.42 Å². The number of rotatable bonds is 3. The molecule has 0 fully saturated rings. The van der Waals surface area contributed by atoms with Gasteiger partial charge in [-0.25, -0.2) is 0 Å². The molecule has 0 atom stereocenters. The maximum atomic E-state index is 12.4. The van der Waals surface area contributed by atoms with Crippen LogP contribution >= 0.6 is 0 Å². The number of hydrogen-bond donors (Lipinski definition) is 2. The molecule has 4 aromatic rings. The lowest BCUT2D eigenvalue weighted by Gasteiger charge is -2.08. The highest BCUT2D eigenvalue weighted by Gasteiger charge is 2.18. The number of benzene rings is 2. The van der Waals surface area contributed by atoms with Gasteiger partial charge in [-0.2, -0.15) is 9.78 Å². The molecule has 8 heteroatoms. The number of aromatic nitrogens is 2. The second-order valence-corrected chi connectivity index (χ2v) is 6.26. The molecule has 2 N–H and O–H groups in total. The van der Waals surface area contributed by atoms with E-state index in [0.29, 0.717) is 16.8 Å². The minimum Gasteiger partial charge on any atom is -0.451 e. The molecule has 0 unspecified atom stereocenters. The van der Waals surface area contributed by atoms with Crippen LogP contribution in [-0.2, 0) is 0 Å². The number of carbonyl (C=O) groups is 2. The average molecular weight is 388 g/mol. The molecule has 2 amide bonds. The van der Waals surface area contributed by atoms with E-state index >= 15 is 0 Å². The summed E-state index contributed by atoms with van der Waals surface area (Å²) in [5.74, 6) is -1.16. The molecular formula is C21H16N4O4. The molecule has 2 aromatic heterocycles. The summed E-state index contributed by atoms with van der Waals surface area (Å²) in [6, 6.07) is 18.5. The number of nitrogens with zero attached hydrogens (tertiary/aromatic N) is 2. The smallest absolute Gasteiger partial charge is 0.305 e. The number of carbonyl (C=O) groups excluding carboxylic acids is 2. The third-order valence-electron chi connectivity index (χ3n) is 4.37. The minimum atomic E-state index is -0.670. The van der Waals surface area contributed by atoms with E-state index in [1.807, 2.05) is 18.2 Å². The van der Waals surface area contributed by atoms with Crippen LogP contribution in [0.25, 0.3) is 16.7 Å². The highest BCUT2D eigenvalue weighted by Crippen LogP contribution is 2.24. The molecule has 4 rings (SSSR count). The Morgan fingerprint density at radius 3 is 2.34 bits per heavy atom. The minimum absolute atomic E-state index is 0.0323. The summed E-state index contributed by atoms with van der Waals surface area (Å²) in [6.07, 6.45) is 0. The predicted octanol–water partition coefficient (Wildman–Crippen LogP) is 2.36. The van der Waals surface area contributed by atoms with E-state index < -0.39 is 11.8 Å². The van der Waals surface area contributed by atoms with Crippen molar-refractivity contribution in [1.82, 2.24) is 20.6 Å². The van der Waals surface area contributed by atoms with Crippen LogP contribution in [0.1, 0.15) is 26.6 Å². The summed E-state index contributed by atoms with van der Waals surface area (Å²) < 4.78 is 6.68. The van der Waals surface area contributed by atoms with Crippen molar-refractivity contribution in [3.8, 4) is 5.69 Å². The molecule has 0 aliphatic carbocycles. The zero-order chi connectivity index (χ0) is 20.4. The van der Waals surface area contributed by atoms with E-state index in [-0.39, 0.29) is 17.0 Å². The molecule has 0 saturated carbocycles. The van der Waals surface area contributed by atoms with Crippen LogP contribution in [0, 0.1) is 6.92 Å². The zero-order valence-electron chi connectivity index (χ0n) is 15.4. The predicted molar refractivity (Wildman–Crippen MR) is 106 cm³/mol. The fourth-order valence-electron chi connectivity index (χ4n) is 2.91. The van der Waals surface area contributed by atoms with Crippen LogP contribution in [0.5, 0.6) is 0 Å². The van der Waals surface area contributed by atoms with Gasteiger partial charge in [0.15, 0.2) is 11.5 Å². The first-order valence-electron chi connectivity index (χ1n) is 8.79. The van der Waals surface area contributed by atoms with E-state index in [2.05, 4.69) is 16.0 Å². The van der Waals surface area contributed by atoms with Gasteiger partial charge in [-0.1, -0.05) is 36.4 Å². The van der Waals surface area contributed by atoms with Crippen LogP contribution in [-0.4, -0.2) is 21.6 Å². The number of furan rings is 1. The highest BCUT2D eigenvalue weighted by atomic mass is 16.3. The van der Waals surface area contributed by atoms with Gasteiger partial charge in [-0.15, -0.1) is 0 Å². The Morgan fingerprint density at radius 1 is 0.897 bits per heavy atom. The Morgan fingerprint density at radius 2 is 1.59 bits per heavy atom. The molecule has 0 radical (unpaired) electrons. The van der Waals surface area contributed by atoms with Crippen molar-refractivity contribution in [3.63, 3.8) is 0 Å². The molecular weight excluding hydrogens is 372 g/mol. The Hall–Kier alpha value is -4.20. The molecule has 0 saturated heterocycles. The second-order valence-electron chi connectivity index (χ2n) is 6.26. The van der Waals surface area contributed by atoms with E-state index in [1.165, 1.54) is 12.1 Å². The molecule has 8 nitrogen and oxygen atoms in total. The molecule has 2 aromatic carbocycles. The van der Waals surface area contributed by atoms with Gasteiger partial charge in [0.25, 0.3) is 11.5 Å². The average Bonchev–Trinajstić information content (AvgIpc) is 3.09. The summed E-state index contributed by atoms with van der Waals surface area (Å²) in [4.78, 5) is 36.9. The third kappa shape index (κ3) is 3.51. The number of hydrogen-bond acceptors (Lipinski definition) is 5. The normalized spacial score (nSPS) is 10.7. The Balaban J connectivity index is 1.52. The van der Waals surface area contributed by atoms with Gasteiger partial charge in [0, 0.05) is 17.0 Å². The van der Waals surface area contributed by atoms with Gasteiger partial charge < -0.3 is 4.42 Å². The van der Waals surface area contributed by atoms with Gasteiger partial charge in [-0.3, -0.25) is 25.2 Å². The van der Waals surface area contributed by atoms with Gasteiger partial charge in [0.2, 0.25) is 0 Å². The summed E-state index contributed by atoms with van der Waals surface area (Å²) in [5, 5.41) is 4.88. The molecule has 0 bridgehead atoms. The number of amides is 2. The van der Waals surface area contributed by atoms with Crippen molar-refractivity contribution in [1.29, 1.82) is 0 Å².